The van der Waals surface area contributed by atoms with Gasteiger partial charge in [-0.1, -0.05) is 29.8 Å². The molecule has 3 rings (SSSR count). The highest BCUT2D eigenvalue weighted by molar-refractivity contribution is 8.18. The number of aliphatic imine (C=N–C) groups is 1. The molecule has 116 valence electrons. The van der Waals surface area contributed by atoms with Crippen molar-refractivity contribution in [3.63, 3.8) is 0 Å². The molecule has 1 fully saturated rings. The first-order valence-corrected chi connectivity index (χ1v) is 8.06. The smallest absolute Gasteiger partial charge is 0.264 e. The van der Waals surface area contributed by atoms with Crippen molar-refractivity contribution in [2.45, 2.75) is 6.92 Å². The minimum absolute atomic E-state index is 0.132. The molecule has 2 aromatic rings. The van der Waals surface area contributed by atoms with Crippen LogP contribution in [-0.4, -0.2) is 16.2 Å². The van der Waals surface area contributed by atoms with Gasteiger partial charge in [-0.25, -0.2) is 4.99 Å². The molecule has 2 aromatic carbocycles. The van der Waals surface area contributed by atoms with Gasteiger partial charge in [-0.3, -0.25) is 4.79 Å². The summed E-state index contributed by atoms with van der Waals surface area (Å²) in [5.74, 6) is -0.101. The molecule has 1 amide bonds. The maximum Gasteiger partial charge on any atom is 0.264 e. The van der Waals surface area contributed by atoms with E-state index < -0.39 is 0 Å². The van der Waals surface area contributed by atoms with Crippen molar-refractivity contribution in [2.24, 2.45) is 4.99 Å². The van der Waals surface area contributed by atoms with Gasteiger partial charge in [0.2, 0.25) is 0 Å². The molecule has 0 atom stereocenters. The SMILES string of the molecule is Cc1cc(Cl)ccc1N=C1NC(=O)/C(=C/c2ccccc2O)S1. The monoisotopic (exact) mass is 344 g/mol. The number of hydrogen-bond donors (Lipinski definition) is 2. The second-order valence-corrected chi connectivity index (χ2v) is 6.44. The van der Waals surface area contributed by atoms with Crippen LogP contribution in [0.25, 0.3) is 6.08 Å². The first kappa shape index (κ1) is 15.6. The van der Waals surface area contributed by atoms with Gasteiger partial charge in [0, 0.05) is 10.6 Å². The van der Waals surface area contributed by atoms with Gasteiger partial charge in [0.15, 0.2) is 5.17 Å². The summed E-state index contributed by atoms with van der Waals surface area (Å²) in [7, 11) is 0. The summed E-state index contributed by atoms with van der Waals surface area (Å²) in [4.78, 5) is 17.0. The van der Waals surface area contributed by atoms with Gasteiger partial charge in [-0.2, -0.15) is 0 Å². The van der Waals surface area contributed by atoms with Crippen molar-refractivity contribution in [1.29, 1.82) is 0 Å². The molecular formula is C17H13ClN2O2S. The van der Waals surface area contributed by atoms with E-state index in [1.807, 2.05) is 19.1 Å². The van der Waals surface area contributed by atoms with Crippen LogP contribution in [0.3, 0.4) is 0 Å². The van der Waals surface area contributed by atoms with Crippen molar-refractivity contribution >= 4 is 46.2 Å². The van der Waals surface area contributed by atoms with E-state index in [9.17, 15) is 9.90 Å². The first-order valence-electron chi connectivity index (χ1n) is 6.86. The Morgan fingerprint density at radius 3 is 2.78 bits per heavy atom. The summed E-state index contributed by atoms with van der Waals surface area (Å²) in [6.45, 7) is 1.91. The average Bonchev–Trinajstić information content (AvgIpc) is 2.84. The molecule has 1 heterocycles. The summed E-state index contributed by atoms with van der Waals surface area (Å²) in [5, 5.41) is 13.7. The molecule has 0 spiro atoms. The third kappa shape index (κ3) is 3.57. The predicted molar refractivity (Wildman–Crippen MR) is 95.1 cm³/mol. The van der Waals surface area contributed by atoms with E-state index in [0.717, 1.165) is 11.3 Å². The van der Waals surface area contributed by atoms with Gasteiger partial charge in [-0.05, 0) is 54.6 Å². The Bertz CT molecular complexity index is 846. The summed E-state index contributed by atoms with van der Waals surface area (Å²) in [5.41, 5.74) is 2.27. The predicted octanol–water partition coefficient (Wildman–Crippen LogP) is 4.25. The van der Waals surface area contributed by atoms with E-state index in [1.165, 1.54) is 11.8 Å². The number of hydrogen-bond acceptors (Lipinski definition) is 4. The Morgan fingerprint density at radius 1 is 1.26 bits per heavy atom. The fourth-order valence-electron chi connectivity index (χ4n) is 2.09. The number of aryl methyl sites for hydroxylation is 1. The number of halogens is 1. The molecule has 23 heavy (non-hydrogen) atoms. The Hall–Kier alpha value is -2.24. The number of para-hydroxylation sites is 1. The van der Waals surface area contributed by atoms with Gasteiger partial charge < -0.3 is 10.4 Å². The number of nitrogens with one attached hydrogen (secondary N) is 1. The van der Waals surface area contributed by atoms with Crippen molar-refractivity contribution in [2.75, 3.05) is 0 Å². The fourth-order valence-corrected chi connectivity index (χ4v) is 3.14. The Labute approximate surface area is 142 Å². The number of benzene rings is 2. The molecule has 0 aromatic heterocycles. The van der Waals surface area contributed by atoms with E-state index in [4.69, 9.17) is 11.6 Å². The summed E-state index contributed by atoms with van der Waals surface area (Å²) < 4.78 is 0. The molecule has 0 unspecified atom stereocenters. The Balaban J connectivity index is 1.88. The van der Waals surface area contributed by atoms with Crippen molar-refractivity contribution in [3.8, 4) is 5.75 Å². The number of carbonyl (C=O) groups is 1. The van der Waals surface area contributed by atoms with Crippen molar-refractivity contribution in [1.82, 2.24) is 5.32 Å². The number of rotatable bonds is 2. The van der Waals surface area contributed by atoms with E-state index in [-0.39, 0.29) is 11.7 Å². The van der Waals surface area contributed by atoms with Crippen LogP contribution in [0.15, 0.2) is 52.4 Å². The van der Waals surface area contributed by atoms with Crippen LogP contribution in [0.1, 0.15) is 11.1 Å². The number of phenols is 1. The van der Waals surface area contributed by atoms with Crippen LogP contribution in [0.4, 0.5) is 5.69 Å². The van der Waals surface area contributed by atoms with Crippen LogP contribution in [-0.2, 0) is 4.79 Å². The molecule has 1 aliphatic rings. The van der Waals surface area contributed by atoms with E-state index >= 15 is 0 Å². The number of amidine groups is 1. The van der Waals surface area contributed by atoms with Crippen LogP contribution < -0.4 is 5.32 Å². The zero-order chi connectivity index (χ0) is 16.4. The highest BCUT2D eigenvalue weighted by Gasteiger charge is 2.24. The average molecular weight is 345 g/mol. The number of carbonyl (C=O) groups excluding carboxylic acids is 1. The van der Waals surface area contributed by atoms with Gasteiger partial charge in [0.05, 0.1) is 10.6 Å². The van der Waals surface area contributed by atoms with Gasteiger partial charge >= 0.3 is 0 Å². The lowest BCUT2D eigenvalue weighted by Crippen LogP contribution is -2.19. The maximum absolute atomic E-state index is 12.0. The first-order chi connectivity index (χ1) is 11.0. The number of nitrogens with zero attached hydrogens (tertiary/aromatic N) is 1. The topological polar surface area (TPSA) is 61.7 Å². The van der Waals surface area contributed by atoms with Gasteiger partial charge in [0.1, 0.15) is 5.75 Å². The molecule has 1 saturated heterocycles. The second kappa shape index (κ2) is 6.48. The summed E-state index contributed by atoms with van der Waals surface area (Å²) in [6.07, 6.45) is 1.65. The molecule has 6 heteroatoms. The second-order valence-electron chi connectivity index (χ2n) is 4.97. The number of amides is 1. The maximum atomic E-state index is 12.0. The van der Waals surface area contributed by atoms with Crippen LogP contribution in [0.2, 0.25) is 5.02 Å². The number of aromatic hydroxyl groups is 1. The molecular weight excluding hydrogens is 332 g/mol. The molecule has 0 radical (unpaired) electrons. The molecule has 2 N–H and O–H groups in total. The highest BCUT2D eigenvalue weighted by Crippen LogP contribution is 2.31. The largest absolute Gasteiger partial charge is 0.507 e. The van der Waals surface area contributed by atoms with Crippen LogP contribution >= 0.6 is 23.4 Å². The fraction of sp³-hybridized carbons (Fsp3) is 0.0588. The summed E-state index contributed by atoms with van der Waals surface area (Å²) >= 11 is 7.17. The third-order valence-corrected chi connectivity index (χ3v) is 4.40. The van der Waals surface area contributed by atoms with E-state index in [2.05, 4.69) is 10.3 Å². The Morgan fingerprint density at radius 2 is 2.04 bits per heavy atom. The Kier molecular flexibility index (Phi) is 4.41. The van der Waals surface area contributed by atoms with Gasteiger partial charge in [0.25, 0.3) is 5.91 Å². The third-order valence-electron chi connectivity index (χ3n) is 3.26. The molecule has 4 nitrogen and oxygen atoms in total. The minimum atomic E-state index is -0.233. The number of thioether (sulfide) groups is 1. The van der Waals surface area contributed by atoms with Crippen molar-refractivity contribution < 1.29 is 9.90 Å². The lowest BCUT2D eigenvalue weighted by molar-refractivity contribution is -0.115. The normalized spacial score (nSPS) is 17.7. The zero-order valence-electron chi connectivity index (χ0n) is 12.2. The minimum Gasteiger partial charge on any atom is -0.507 e. The zero-order valence-corrected chi connectivity index (χ0v) is 13.8. The van der Waals surface area contributed by atoms with Crippen LogP contribution in [0.5, 0.6) is 5.75 Å². The summed E-state index contributed by atoms with van der Waals surface area (Å²) in [6, 6.07) is 12.2. The lowest BCUT2D eigenvalue weighted by Gasteiger charge is -2.01. The van der Waals surface area contributed by atoms with E-state index in [0.29, 0.717) is 20.7 Å². The van der Waals surface area contributed by atoms with Crippen molar-refractivity contribution in [3.05, 3.63) is 63.5 Å². The lowest BCUT2D eigenvalue weighted by atomic mass is 10.2. The quantitative estimate of drug-likeness (QED) is 0.801. The van der Waals surface area contributed by atoms with E-state index in [1.54, 1.807) is 36.4 Å². The standard InChI is InChI=1S/C17H13ClN2O2S/c1-10-8-12(18)6-7-13(10)19-17-20-16(22)15(23-17)9-11-4-2-3-5-14(11)21/h2-9,21H,1H3,(H,19,20,22)/b15-9-. The molecule has 0 saturated carbocycles. The molecule has 0 bridgehead atoms. The van der Waals surface area contributed by atoms with Crippen LogP contribution in [0, 0.1) is 6.92 Å². The van der Waals surface area contributed by atoms with Gasteiger partial charge in [-0.15, -0.1) is 0 Å². The molecule has 0 aliphatic carbocycles. The number of phenolic OH excluding ortho intramolecular Hbond substituents is 1. The highest BCUT2D eigenvalue weighted by atomic mass is 35.5. The molecule has 1 aliphatic heterocycles.